The van der Waals surface area contributed by atoms with Gasteiger partial charge in [0.1, 0.15) is 5.76 Å². The van der Waals surface area contributed by atoms with E-state index in [4.69, 9.17) is 15.4 Å². The lowest BCUT2D eigenvalue weighted by molar-refractivity contribution is 0.452. The Bertz CT molecular complexity index is 281. The predicted molar refractivity (Wildman–Crippen MR) is 50.8 cm³/mol. The van der Waals surface area contributed by atoms with E-state index in [0.29, 0.717) is 10.4 Å². The number of furan rings is 1. The third-order valence-electron chi connectivity index (χ3n) is 1.27. The minimum Gasteiger partial charge on any atom is -0.453 e. The number of nitrogens with two attached hydrogens (primary N) is 1. The molecule has 5 heteroatoms. The number of rotatable bonds is 2. The summed E-state index contributed by atoms with van der Waals surface area (Å²) >= 11 is 3.15. The summed E-state index contributed by atoms with van der Waals surface area (Å²) in [6.07, 6.45) is 0.278. The Morgan fingerprint density at radius 1 is 1.67 bits per heavy atom. The number of hydrogen-bond donors (Lipinski definition) is 1. The van der Waals surface area contributed by atoms with Crippen molar-refractivity contribution < 1.29 is 4.42 Å². The van der Waals surface area contributed by atoms with Gasteiger partial charge in [-0.15, -0.1) is 12.4 Å². The van der Waals surface area contributed by atoms with Gasteiger partial charge < -0.3 is 10.2 Å². The Morgan fingerprint density at radius 3 is 2.75 bits per heavy atom. The highest BCUT2D eigenvalue weighted by Gasteiger charge is 2.08. The topological polar surface area (TPSA) is 63.0 Å². The summed E-state index contributed by atoms with van der Waals surface area (Å²) < 4.78 is 5.78. The molecule has 0 saturated carbocycles. The molecule has 66 valence electrons. The van der Waals surface area contributed by atoms with E-state index in [0.717, 1.165) is 0 Å². The van der Waals surface area contributed by atoms with Gasteiger partial charge in [-0.2, -0.15) is 5.26 Å². The first kappa shape index (κ1) is 11.5. The lowest BCUT2D eigenvalue weighted by Crippen LogP contribution is -2.07. The third-order valence-corrected chi connectivity index (χ3v) is 1.70. The van der Waals surface area contributed by atoms with Gasteiger partial charge in [-0.3, -0.25) is 0 Å². The summed E-state index contributed by atoms with van der Waals surface area (Å²) in [6, 6.07) is 5.17. The van der Waals surface area contributed by atoms with Crippen LogP contribution in [0.2, 0.25) is 0 Å². The Balaban J connectivity index is 0.00000121. The maximum absolute atomic E-state index is 8.32. The number of hydrogen-bond acceptors (Lipinski definition) is 3. The van der Waals surface area contributed by atoms with Gasteiger partial charge in [0.15, 0.2) is 4.67 Å². The van der Waals surface area contributed by atoms with Crippen molar-refractivity contribution in [2.45, 2.75) is 12.5 Å². The molecule has 0 aromatic carbocycles. The monoisotopic (exact) mass is 250 g/mol. The second-order valence-electron chi connectivity index (χ2n) is 2.11. The molecule has 1 aromatic heterocycles. The van der Waals surface area contributed by atoms with Gasteiger partial charge in [0.2, 0.25) is 0 Å². The number of nitriles is 1. The Labute approximate surface area is 85.1 Å². The molecule has 0 bridgehead atoms. The zero-order valence-electron chi connectivity index (χ0n) is 6.16. The standard InChI is InChI=1S/C7H7BrN2O.ClH/c8-7-2-1-6(11-7)5(10)3-4-9;/h1-2,5H,3,10H2;1H/t5-;/m1./s1. The van der Waals surface area contributed by atoms with Crippen molar-refractivity contribution in [3.8, 4) is 6.07 Å². The molecule has 0 fully saturated rings. The summed E-state index contributed by atoms with van der Waals surface area (Å²) in [4.78, 5) is 0. The summed E-state index contributed by atoms with van der Waals surface area (Å²) in [5.41, 5.74) is 5.58. The van der Waals surface area contributed by atoms with Crippen molar-refractivity contribution in [3.05, 3.63) is 22.6 Å². The smallest absolute Gasteiger partial charge is 0.169 e. The average Bonchev–Trinajstić information content (AvgIpc) is 2.36. The molecule has 1 heterocycles. The maximum atomic E-state index is 8.32. The van der Waals surface area contributed by atoms with Crippen molar-refractivity contribution in [3.63, 3.8) is 0 Å². The Kier molecular flexibility index (Phi) is 4.98. The fraction of sp³-hybridized carbons (Fsp3) is 0.286. The molecule has 0 unspecified atom stereocenters. The summed E-state index contributed by atoms with van der Waals surface area (Å²) in [5.74, 6) is 0.637. The van der Waals surface area contributed by atoms with Gasteiger partial charge in [0.25, 0.3) is 0 Å². The van der Waals surface area contributed by atoms with Crippen LogP contribution < -0.4 is 5.73 Å². The first-order chi connectivity index (χ1) is 5.24. The van der Waals surface area contributed by atoms with Crippen LogP contribution in [0.25, 0.3) is 0 Å². The molecule has 0 aliphatic rings. The van der Waals surface area contributed by atoms with Crippen LogP contribution in [0, 0.1) is 11.3 Å². The average molecular weight is 252 g/mol. The molecular formula is C7H8BrClN2O. The van der Waals surface area contributed by atoms with E-state index in [9.17, 15) is 0 Å². The molecule has 12 heavy (non-hydrogen) atoms. The van der Waals surface area contributed by atoms with E-state index in [2.05, 4.69) is 15.9 Å². The third kappa shape index (κ3) is 2.86. The highest BCUT2D eigenvalue weighted by molar-refractivity contribution is 9.10. The second-order valence-corrected chi connectivity index (χ2v) is 2.89. The van der Waals surface area contributed by atoms with Crippen molar-refractivity contribution in [1.29, 1.82) is 5.26 Å². The quantitative estimate of drug-likeness (QED) is 0.878. The van der Waals surface area contributed by atoms with Crippen molar-refractivity contribution in [1.82, 2.24) is 0 Å². The Hall–Kier alpha value is -0.500. The van der Waals surface area contributed by atoms with E-state index in [1.165, 1.54) is 0 Å². The van der Waals surface area contributed by atoms with E-state index in [-0.39, 0.29) is 24.9 Å². The largest absolute Gasteiger partial charge is 0.453 e. The molecule has 1 atom stereocenters. The van der Waals surface area contributed by atoms with Crippen LogP contribution in [0.1, 0.15) is 18.2 Å². The molecule has 1 aromatic rings. The maximum Gasteiger partial charge on any atom is 0.169 e. The molecule has 0 spiro atoms. The zero-order valence-corrected chi connectivity index (χ0v) is 8.56. The normalized spacial score (nSPS) is 11.4. The lowest BCUT2D eigenvalue weighted by Gasteiger charge is -2.00. The van der Waals surface area contributed by atoms with Crippen LogP contribution in [-0.2, 0) is 0 Å². The molecule has 0 aliphatic heterocycles. The van der Waals surface area contributed by atoms with Crippen LogP contribution in [0.4, 0.5) is 0 Å². The SMILES string of the molecule is Cl.N#CC[C@@H](N)c1ccc(Br)o1. The molecule has 2 N–H and O–H groups in total. The van der Waals surface area contributed by atoms with E-state index in [1.54, 1.807) is 12.1 Å². The van der Waals surface area contributed by atoms with Gasteiger partial charge in [-0.1, -0.05) is 0 Å². The van der Waals surface area contributed by atoms with Crippen molar-refractivity contribution in [2.24, 2.45) is 5.73 Å². The first-order valence-corrected chi connectivity index (χ1v) is 3.91. The van der Waals surface area contributed by atoms with Crippen molar-refractivity contribution >= 4 is 28.3 Å². The van der Waals surface area contributed by atoms with Gasteiger partial charge >= 0.3 is 0 Å². The zero-order chi connectivity index (χ0) is 8.27. The van der Waals surface area contributed by atoms with Gasteiger partial charge in [-0.05, 0) is 28.1 Å². The van der Waals surface area contributed by atoms with Crippen LogP contribution in [-0.4, -0.2) is 0 Å². The molecule has 0 saturated heterocycles. The number of halogens is 2. The molecular weight excluding hydrogens is 243 g/mol. The van der Waals surface area contributed by atoms with Gasteiger partial charge in [0.05, 0.1) is 18.5 Å². The first-order valence-electron chi connectivity index (χ1n) is 3.12. The van der Waals surface area contributed by atoms with Crippen LogP contribution >= 0.6 is 28.3 Å². The molecule has 0 aliphatic carbocycles. The van der Waals surface area contributed by atoms with E-state index >= 15 is 0 Å². The van der Waals surface area contributed by atoms with Crippen molar-refractivity contribution in [2.75, 3.05) is 0 Å². The highest BCUT2D eigenvalue weighted by atomic mass is 79.9. The van der Waals surface area contributed by atoms with Gasteiger partial charge in [-0.25, -0.2) is 0 Å². The van der Waals surface area contributed by atoms with Crippen LogP contribution in [0.15, 0.2) is 21.2 Å². The fourth-order valence-corrected chi connectivity index (χ4v) is 1.05. The second kappa shape index (κ2) is 5.20. The summed E-state index contributed by atoms with van der Waals surface area (Å²) in [5, 5.41) is 8.32. The van der Waals surface area contributed by atoms with E-state index < -0.39 is 0 Å². The molecule has 0 amide bonds. The minimum absolute atomic E-state index is 0. The fourth-order valence-electron chi connectivity index (χ4n) is 0.727. The summed E-state index contributed by atoms with van der Waals surface area (Å²) in [7, 11) is 0. The van der Waals surface area contributed by atoms with E-state index in [1.807, 2.05) is 6.07 Å². The van der Waals surface area contributed by atoms with Gasteiger partial charge in [0, 0.05) is 0 Å². The molecule has 1 rings (SSSR count). The predicted octanol–water partition coefficient (Wildman–Crippen LogP) is 2.38. The van der Waals surface area contributed by atoms with Crippen LogP contribution in [0.5, 0.6) is 0 Å². The number of nitrogens with zero attached hydrogens (tertiary/aromatic N) is 1. The summed E-state index contributed by atoms with van der Waals surface area (Å²) in [6.45, 7) is 0. The highest BCUT2D eigenvalue weighted by Crippen LogP contribution is 2.20. The Morgan fingerprint density at radius 2 is 2.33 bits per heavy atom. The van der Waals surface area contributed by atoms with Crippen LogP contribution in [0.3, 0.4) is 0 Å². The minimum atomic E-state index is -0.314. The molecule has 0 radical (unpaired) electrons. The molecule has 3 nitrogen and oxygen atoms in total. The lowest BCUT2D eigenvalue weighted by atomic mass is 10.2.